The molecule has 4 nitrogen and oxygen atoms in total. The smallest absolute Gasteiger partial charge is 0.228 e. The third-order valence-corrected chi connectivity index (χ3v) is 6.15. The molecule has 4 rings (SSSR count). The van der Waals surface area contributed by atoms with Crippen LogP contribution in [0.15, 0.2) is 73.1 Å². The molecule has 0 spiro atoms. The van der Waals surface area contributed by atoms with E-state index in [1.165, 1.54) is 6.07 Å². The monoisotopic (exact) mass is 431 g/mol. The largest absolute Gasteiger partial charge is 0.353 e. The number of halogens is 1. The molecule has 1 atom stereocenters. The van der Waals surface area contributed by atoms with E-state index in [9.17, 15) is 9.18 Å². The minimum Gasteiger partial charge on any atom is -0.353 e. The summed E-state index contributed by atoms with van der Waals surface area (Å²) >= 11 is 0. The Kier molecular flexibility index (Phi) is 6.66. The molecule has 1 fully saturated rings. The second-order valence-corrected chi connectivity index (χ2v) is 9.07. The number of amides is 1. The first-order chi connectivity index (χ1) is 15.4. The summed E-state index contributed by atoms with van der Waals surface area (Å²) in [5.74, 6) is -0.133. The average molecular weight is 432 g/mol. The molecular weight excluding hydrogens is 401 g/mol. The second-order valence-electron chi connectivity index (χ2n) is 9.07. The van der Waals surface area contributed by atoms with Gasteiger partial charge in [-0.05, 0) is 68.1 Å². The lowest BCUT2D eigenvalue weighted by Gasteiger charge is -2.30. The highest BCUT2D eigenvalue weighted by atomic mass is 19.1. The van der Waals surface area contributed by atoms with Crippen LogP contribution in [0.3, 0.4) is 0 Å². The molecule has 1 aliphatic rings. The van der Waals surface area contributed by atoms with Gasteiger partial charge in [-0.1, -0.05) is 42.5 Å². The molecule has 1 aliphatic heterocycles. The van der Waals surface area contributed by atoms with Gasteiger partial charge in [0.2, 0.25) is 5.91 Å². The van der Waals surface area contributed by atoms with E-state index >= 15 is 0 Å². The van der Waals surface area contributed by atoms with Crippen LogP contribution >= 0.6 is 0 Å². The summed E-state index contributed by atoms with van der Waals surface area (Å²) in [5.41, 5.74) is 3.71. The zero-order chi connectivity index (χ0) is 22.6. The number of likely N-dealkylation sites (tertiary alicyclic amines) is 1. The minimum atomic E-state index is -0.532. The van der Waals surface area contributed by atoms with Crippen molar-refractivity contribution in [2.75, 3.05) is 13.1 Å². The number of aromatic nitrogens is 1. The summed E-state index contributed by atoms with van der Waals surface area (Å²) in [6.45, 7) is 6.07. The molecule has 1 aromatic heterocycles. The van der Waals surface area contributed by atoms with Crippen molar-refractivity contribution in [2.24, 2.45) is 5.41 Å². The summed E-state index contributed by atoms with van der Waals surface area (Å²) in [6.07, 6.45) is 5.05. The lowest BCUT2D eigenvalue weighted by Crippen LogP contribution is -2.46. The lowest BCUT2D eigenvalue weighted by molar-refractivity contribution is -0.131. The zero-order valence-corrected chi connectivity index (χ0v) is 18.7. The molecule has 0 saturated carbocycles. The van der Waals surface area contributed by atoms with Gasteiger partial charge in [0.1, 0.15) is 5.82 Å². The van der Waals surface area contributed by atoms with Crippen LogP contribution < -0.4 is 5.32 Å². The fraction of sp³-hybridized carbons (Fsp3) is 0.333. The van der Waals surface area contributed by atoms with E-state index in [4.69, 9.17) is 0 Å². The van der Waals surface area contributed by atoms with Gasteiger partial charge in [0.15, 0.2) is 0 Å². The SMILES string of the molecule is CC(C)NC(=O)[C@@]1(Cc2ccccc2-c2cccnc2)CCN(Cc2cccc(F)c2)C1. The van der Waals surface area contributed by atoms with Gasteiger partial charge in [0.05, 0.1) is 5.41 Å². The maximum atomic E-state index is 13.7. The minimum absolute atomic E-state index is 0.0743. The number of nitrogens with zero attached hydrogens (tertiary/aromatic N) is 2. The van der Waals surface area contributed by atoms with Crippen molar-refractivity contribution in [3.8, 4) is 11.1 Å². The Bertz CT molecular complexity index is 1070. The van der Waals surface area contributed by atoms with E-state index in [1.54, 1.807) is 18.3 Å². The third kappa shape index (κ3) is 5.05. The van der Waals surface area contributed by atoms with Crippen LogP contribution in [0, 0.1) is 11.2 Å². The first kappa shape index (κ1) is 22.2. The van der Waals surface area contributed by atoms with Crippen molar-refractivity contribution in [1.82, 2.24) is 15.2 Å². The maximum absolute atomic E-state index is 13.7. The van der Waals surface area contributed by atoms with Crippen molar-refractivity contribution < 1.29 is 9.18 Å². The standard InChI is InChI=1S/C27H30FN3O/c1-20(2)30-26(32)27(12-14-31(19-27)18-21-7-5-10-24(28)15-21)16-22-8-3-4-11-25(22)23-9-6-13-29-17-23/h3-11,13,15,17,20H,12,14,16,18-19H2,1-2H3,(H,30,32)/t27-/m1/s1. The van der Waals surface area contributed by atoms with Gasteiger partial charge in [-0.15, -0.1) is 0 Å². The average Bonchev–Trinajstić information content (AvgIpc) is 3.18. The number of benzene rings is 2. The number of carbonyl (C=O) groups excluding carboxylic acids is 1. The van der Waals surface area contributed by atoms with Gasteiger partial charge in [-0.3, -0.25) is 14.7 Å². The molecule has 3 aromatic rings. The van der Waals surface area contributed by atoms with Gasteiger partial charge >= 0.3 is 0 Å². The zero-order valence-electron chi connectivity index (χ0n) is 18.7. The van der Waals surface area contributed by atoms with E-state index in [-0.39, 0.29) is 17.8 Å². The molecule has 2 aromatic carbocycles. The van der Waals surface area contributed by atoms with Crippen molar-refractivity contribution in [3.05, 3.63) is 90.0 Å². The molecule has 32 heavy (non-hydrogen) atoms. The molecule has 1 N–H and O–H groups in total. The van der Waals surface area contributed by atoms with Crippen LogP contribution in [0.1, 0.15) is 31.4 Å². The number of pyridine rings is 1. The second kappa shape index (κ2) is 9.61. The topological polar surface area (TPSA) is 45.2 Å². The van der Waals surface area contributed by atoms with Crippen LogP contribution in [0.5, 0.6) is 0 Å². The van der Waals surface area contributed by atoms with E-state index in [2.05, 4.69) is 33.4 Å². The van der Waals surface area contributed by atoms with Crippen LogP contribution in [0.2, 0.25) is 0 Å². The highest BCUT2D eigenvalue weighted by Crippen LogP contribution is 2.38. The van der Waals surface area contributed by atoms with Gasteiger partial charge in [0.25, 0.3) is 0 Å². The molecule has 1 saturated heterocycles. The predicted molar refractivity (Wildman–Crippen MR) is 125 cm³/mol. The Morgan fingerprint density at radius 3 is 2.75 bits per heavy atom. The van der Waals surface area contributed by atoms with E-state index < -0.39 is 5.41 Å². The highest BCUT2D eigenvalue weighted by Gasteiger charge is 2.45. The summed E-state index contributed by atoms with van der Waals surface area (Å²) < 4.78 is 13.7. The van der Waals surface area contributed by atoms with Crippen LogP contribution in [-0.2, 0) is 17.8 Å². The predicted octanol–water partition coefficient (Wildman–Crippen LogP) is 4.85. The molecular formula is C27H30FN3O. The number of hydrogen-bond acceptors (Lipinski definition) is 3. The van der Waals surface area contributed by atoms with Crippen molar-refractivity contribution in [3.63, 3.8) is 0 Å². The maximum Gasteiger partial charge on any atom is 0.228 e. The summed E-state index contributed by atoms with van der Waals surface area (Å²) in [6, 6.07) is 19.0. The van der Waals surface area contributed by atoms with E-state index in [0.29, 0.717) is 19.5 Å². The molecule has 5 heteroatoms. The quantitative estimate of drug-likeness (QED) is 0.582. The van der Waals surface area contributed by atoms with E-state index in [1.807, 2.05) is 44.3 Å². The Balaban J connectivity index is 1.62. The normalized spacial score (nSPS) is 18.8. The third-order valence-electron chi connectivity index (χ3n) is 6.15. The number of rotatable bonds is 7. The number of nitrogens with one attached hydrogen (secondary N) is 1. The first-order valence-corrected chi connectivity index (χ1v) is 11.2. The first-order valence-electron chi connectivity index (χ1n) is 11.2. The van der Waals surface area contributed by atoms with Gasteiger partial charge in [-0.2, -0.15) is 0 Å². The Labute approximate surface area is 189 Å². The Morgan fingerprint density at radius 1 is 1.16 bits per heavy atom. The van der Waals surface area contributed by atoms with Crippen molar-refractivity contribution in [2.45, 2.75) is 39.3 Å². The van der Waals surface area contributed by atoms with Gasteiger partial charge in [-0.25, -0.2) is 4.39 Å². The molecule has 0 bridgehead atoms. The number of carbonyl (C=O) groups is 1. The molecule has 0 radical (unpaired) electrons. The molecule has 0 unspecified atom stereocenters. The van der Waals surface area contributed by atoms with Crippen LogP contribution in [-0.4, -0.2) is 34.9 Å². The van der Waals surface area contributed by atoms with Crippen molar-refractivity contribution in [1.29, 1.82) is 0 Å². The summed E-state index contributed by atoms with van der Waals surface area (Å²) in [7, 11) is 0. The molecule has 1 amide bonds. The Hall–Kier alpha value is -3.05. The van der Waals surface area contributed by atoms with Crippen LogP contribution in [0.4, 0.5) is 4.39 Å². The molecule has 0 aliphatic carbocycles. The van der Waals surface area contributed by atoms with Crippen LogP contribution in [0.25, 0.3) is 11.1 Å². The summed E-state index contributed by atoms with van der Waals surface area (Å²) in [4.78, 5) is 20.0. The molecule has 166 valence electrons. The Morgan fingerprint density at radius 2 is 2.00 bits per heavy atom. The fourth-order valence-corrected chi connectivity index (χ4v) is 4.65. The van der Waals surface area contributed by atoms with E-state index in [0.717, 1.165) is 35.2 Å². The van der Waals surface area contributed by atoms with Gasteiger partial charge in [0, 0.05) is 37.1 Å². The fourth-order valence-electron chi connectivity index (χ4n) is 4.65. The molecule has 2 heterocycles. The van der Waals surface area contributed by atoms with Crippen molar-refractivity contribution >= 4 is 5.91 Å². The lowest BCUT2D eigenvalue weighted by atomic mass is 9.78. The number of hydrogen-bond donors (Lipinski definition) is 1. The van der Waals surface area contributed by atoms with Gasteiger partial charge < -0.3 is 5.32 Å². The highest BCUT2D eigenvalue weighted by molar-refractivity contribution is 5.84. The summed E-state index contributed by atoms with van der Waals surface area (Å²) in [5, 5.41) is 3.16.